The van der Waals surface area contributed by atoms with E-state index in [1.54, 1.807) is 14.2 Å². The summed E-state index contributed by atoms with van der Waals surface area (Å²) in [4.78, 5) is 15.0. The van der Waals surface area contributed by atoms with Crippen molar-refractivity contribution in [3.05, 3.63) is 47.5 Å². The van der Waals surface area contributed by atoms with E-state index in [4.69, 9.17) is 9.47 Å². The molecule has 0 atom stereocenters. The Kier molecular flexibility index (Phi) is 6.20. The predicted octanol–water partition coefficient (Wildman–Crippen LogP) is 4.67. The lowest BCUT2D eigenvalue weighted by Gasteiger charge is -2.23. The minimum Gasteiger partial charge on any atom is -0.493 e. The Balaban J connectivity index is 1.71. The highest BCUT2D eigenvalue weighted by Gasteiger charge is 2.46. The maximum absolute atomic E-state index is 12.7. The second kappa shape index (κ2) is 8.64. The predicted molar refractivity (Wildman–Crippen MR) is 117 cm³/mol. The van der Waals surface area contributed by atoms with Crippen LogP contribution >= 0.6 is 0 Å². The maximum atomic E-state index is 12.7. The highest BCUT2D eigenvalue weighted by molar-refractivity contribution is 5.91. The third-order valence-corrected chi connectivity index (χ3v) is 5.63. The summed E-state index contributed by atoms with van der Waals surface area (Å²) in [6.45, 7) is 8.21. The highest BCUT2D eigenvalue weighted by Crippen LogP contribution is 2.47. The number of methoxy groups -OCH3 is 2. The summed E-state index contributed by atoms with van der Waals surface area (Å²) in [7, 11) is 3.23. The van der Waals surface area contributed by atoms with Gasteiger partial charge < -0.3 is 25.0 Å². The number of nitrogens with zero attached hydrogens (tertiary/aromatic N) is 1. The van der Waals surface area contributed by atoms with E-state index in [1.165, 1.54) is 5.69 Å². The van der Waals surface area contributed by atoms with Crippen molar-refractivity contribution in [3.63, 3.8) is 0 Å². The summed E-state index contributed by atoms with van der Waals surface area (Å²) >= 11 is 0. The van der Waals surface area contributed by atoms with Gasteiger partial charge in [0.15, 0.2) is 11.5 Å². The molecular formula is C23H31N3O3. The number of hydrogen-bond acceptors (Lipinski definition) is 4. The lowest BCUT2D eigenvalue weighted by Crippen LogP contribution is -2.38. The van der Waals surface area contributed by atoms with Gasteiger partial charge >= 0.3 is 6.03 Å². The van der Waals surface area contributed by atoms with Gasteiger partial charge in [-0.25, -0.2) is 4.79 Å². The fourth-order valence-electron chi connectivity index (χ4n) is 3.69. The Bertz CT molecular complexity index is 874. The van der Waals surface area contributed by atoms with Gasteiger partial charge in [-0.15, -0.1) is 0 Å². The Morgan fingerprint density at radius 1 is 1.03 bits per heavy atom. The van der Waals surface area contributed by atoms with E-state index in [0.717, 1.165) is 42.7 Å². The monoisotopic (exact) mass is 397 g/mol. The summed E-state index contributed by atoms with van der Waals surface area (Å²) < 4.78 is 10.7. The van der Waals surface area contributed by atoms with Gasteiger partial charge in [-0.2, -0.15) is 0 Å². The molecule has 0 aliphatic heterocycles. The van der Waals surface area contributed by atoms with Crippen molar-refractivity contribution in [2.45, 2.75) is 39.2 Å². The number of nitrogens with one attached hydrogen (secondary N) is 2. The van der Waals surface area contributed by atoms with Crippen LogP contribution in [-0.2, 0) is 5.54 Å². The minimum atomic E-state index is -0.349. The number of benzene rings is 2. The van der Waals surface area contributed by atoms with E-state index in [-0.39, 0.29) is 11.6 Å². The summed E-state index contributed by atoms with van der Waals surface area (Å²) in [5.41, 5.74) is 3.71. The number of carbonyl (C=O) groups excluding carboxylic acids is 1. The fraction of sp³-hybridized carbons (Fsp3) is 0.435. The van der Waals surface area contributed by atoms with Crippen LogP contribution < -0.4 is 25.0 Å². The number of rotatable bonds is 8. The van der Waals surface area contributed by atoms with Crippen molar-refractivity contribution in [3.8, 4) is 11.5 Å². The molecule has 0 radical (unpaired) electrons. The van der Waals surface area contributed by atoms with E-state index in [2.05, 4.69) is 41.5 Å². The Morgan fingerprint density at radius 3 is 2.28 bits per heavy atom. The molecule has 0 aromatic heterocycles. The van der Waals surface area contributed by atoms with Crippen molar-refractivity contribution in [1.29, 1.82) is 0 Å². The van der Waals surface area contributed by atoms with Crippen LogP contribution in [0.2, 0.25) is 0 Å². The lowest BCUT2D eigenvalue weighted by atomic mass is 10.0. The molecular weight excluding hydrogens is 366 g/mol. The average Bonchev–Trinajstić information content (AvgIpc) is 3.50. The van der Waals surface area contributed by atoms with Crippen molar-refractivity contribution in [2.24, 2.45) is 0 Å². The first kappa shape index (κ1) is 20.8. The van der Waals surface area contributed by atoms with Gasteiger partial charge in [-0.05, 0) is 75.1 Å². The number of hydrogen-bond donors (Lipinski definition) is 2. The molecule has 1 aliphatic rings. The van der Waals surface area contributed by atoms with Crippen molar-refractivity contribution in [1.82, 2.24) is 5.32 Å². The number of carbonyl (C=O) groups is 1. The van der Waals surface area contributed by atoms with Crippen LogP contribution in [0.3, 0.4) is 0 Å². The molecule has 3 rings (SSSR count). The van der Waals surface area contributed by atoms with Crippen LogP contribution in [0.1, 0.15) is 37.8 Å². The molecule has 0 bridgehead atoms. The van der Waals surface area contributed by atoms with Gasteiger partial charge in [-0.1, -0.05) is 6.07 Å². The smallest absolute Gasteiger partial charge is 0.319 e. The molecule has 0 unspecified atom stereocenters. The molecule has 2 aromatic carbocycles. The van der Waals surface area contributed by atoms with Crippen LogP contribution in [-0.4, -0.2) is 33.3 Å². The molecule has 2 N–H and O–H groups in total. The molecule has 29 heavy (non-hydrogen) atoms. The third-order valence-electron chi connectivity index (χ3n) is 5.63. The van der Waals surface area contributed by atoms with Gasteiger partial charge in [0.2, 0.25) is 0 Å². The third kappa shape index (κ3) is 4.42. The summed E-state index contributed by atoms with van der Waals surface area (Å²) in [5, 5.41) is 6.16. The first-order valence-corrected chi connectivity index (χ1v) is 10.1. The van der Waals surface area contributed by atoms with E-state index < -0.39 is 0 Å². The largest absolute Gasteiger partial charge is 0.493 e. The first-order valence-electron chi connectivity index (χ1n) is 10.1. The number of amides is 2. The van der Waals surface area contributed by atoms with Gasteiger partial charge in [0.05, 0.1) is 19.8 Å². The summed E-state index contributed by atoms with van der Waals surface area (Å²) in [6, 6.07) is 11.7. The molecule has 0 saturated heterocycles. The molecule has 6 nitrogen and oxygen atoms in total. The number of aryl methyl sites for hydroxylation is 1. The van der Waals surface area contributed by atoms with Gasteiger partial charge in [0.1, 0.15) is 0 Å². The topological polar surface area (TPSA) is 62.8 Å². The Hall–Kier alpha value is -2.89. The summed E-state index contributed by atoms with van der Waals surface area (Å²) in [5.74, 6) is 1.35. The second-order valence-corrected chi connectivity index (χ2v) is 7.40. The van der Waals surface area contributed by atoms with E-state index in [9.17, 15) is 4.79 Å². The molecule has 1 saturated carbocycles. The first-order chi connectivity index (χ1) is 14.0. The lowest BCUT2D eigenvalue weighted by molar-refractivity contribution is 0.247. The van der Waals surface area contributed by atoms with Gasteiger partial charge in [0, 0.05) is 24.5 Å². The molecule has 1 aliphatic carbocycles. The molecule has 6 heteroatoms. The number of anilines is 2. The van der Waals surface area contributed by atoms with Gasteiger partial charge in [-0.3, -0.25) is 0 Å². The van der Waals surface area contributed by atoms with E-state index >= 15 is 0 Å². The van der Waals surface area contributed by atoms with Crippen molar-refractivity contribution >= 4 is 17.4 Å². The van der Waals surface area contributed by atoms with E-state index in [1.807, 2.05) is 31.2 Å². The van der Waals surface area contributed by atoms with Crippen LogP contribution in [0.4, 0.5) is 16.2 Å². The standard InChI is InChI=1S/C23H31N3O3/c1-6-26(7-2)18-9-10-19(16(3)14-18)24-22(27)25-23(12-13-23)17-8-11-20(28-4)21(15-17)29-5/h8-11,14-15H,6-7,12-13H2,1-5H3,(H2,24,25,27). The average molecular weight is 398 g/mol. The maximum Gasteiger partial charge on any atom is 0.319 e. The van der Waals surface area contributed by atoms with Crippen LogP contribution in [0.5, 0.6) is 11.5 Å². The molecule has 0 spiro atoms. The SMILES string of the molecule is CCN(CC)c1ccc(NC(=O)NC2(c3ccc(OC)c(OC)c3)CC2)c(C)c1. The van der Waals surface area contributed by atoms with Gasteiger partial charge in [0.25, 0.3) is 0 Å². The minimum absolute atomic E-state index is 0.198. The quantitative estimate of drug-likeness (QED) is 0.679. The summed E-state index contributed by atoms with van der Waals surface area (Å²) in [6.07, 6.45) is 1.80. The Morgan fingerprint density at radius 2 is 1.72 bits per heavy atom. The zero-order valence-corrected chi connectivity index (χ0v) is 18.0. The van der Waals surface area contributed by atoms with Crippen LogP contribution in [0.25, 0.3) is 0 Å². The molecule has 1 fully saturated rings. The number of ether oxygens (including phenoxy) is 2. The zero-order chi connectivity index (χ0) is 21.0. The van der Waals surface area contributed by atoms with Crippen LogP contribution in [0, 0.1) is 6.92 Å². The second-order valence-electron chi connectivity index (χ2n) is 7.40. The normalized spacial score (nSPS) is 14.1. The Labute approximate surface area is 173 Å². The molecule has 0 heterocycles. The highest BCUT2D eigenvalue weighted by atomic mass is 16.5. The zero-order valence-electron chi connectivity index (χ0n) is 18.0. The fourth-order valence-corrected chi connectivity index (χ4v) is 3.69. The van der Waals surface area contributed by atoms with Crippen LogP contribution in [0.15, 0.2) is 36.4 Å². The molecule has 2 amide bonds. The van der Waals surface area contributed by atoms with E-state index in [0.29, 0.717) is 11.5 Å². The molecule has 156 valence electrons. The number of urea groups is 1. The van der Waals surface area contributed by atoms with Crippen molar-refractivity contribution in [2.75, 3.05) is 37.5 Å². The molecule has 2 aromatic rings. The van der Waals surface area contributed by atoms with Crippen molar-refractivity contribution < 1.29 is 14.3 Å².